The van der Waals surface area contributed by atoms with E-state index in [2.05, 4.69) is 38.1 Å². The maximum Gasteiger partial charge on any atom is 0.0636 e. The molecular formula is C17H26OS. The Labute approximate surface area is 121 Å². The van der Waals surface area contributed by atoms with E-state index in [0.29, 0.717) is 11.2 Å². The molecule has 3 atom stereocenters. The Bertz CT molecular complexity index is 391. The summed E-state index contributed by atoms with van der Waals surface area (Å²) < 4.78 is 0. The van der Waals surface area contributed by atoms with Gasteiger partial charge in [0.1, 0.15) is 0 Å². The fourth-order valence-electron chi connectivity index (χ4n) is 2.89. The van der Waals surface area contributed by atoms with Crippen LogP contribution in [0.5, 0.6) is 0 Å². The summed E-state index contributed by atoms with van der Waals surface area (Å²) >= 11 is 1.90. The number of hydrogen-bond acceptors (Lipinski definition) is 2. The first-order valence-corrected chi connectivity index (χ1v) is 8.63. The van der Waals surface area contributed by atoms with Crippen molar-refractivity contribution in [2.45, 2.75) is 63.2 Å². The van der Waals surface area contributed by atoms with Gasteiger partial charge in [-0.05, 0) is 49.1 Å². The fraction of sp³-hybridized carbons (Fsp3) is 0.647. The minimum absolute atomic E-state index is 0.157. The molecule has 1 aromatic rings. The number of fused-ring (bicyclic) bond motifs is 1. The molecule has 1 aliphatic rings. The van der Waals surface area contributed by atoms with Crippen molar-refractivity contribution in [3.8, 4) is 0 Å². The molecule has 0 aromatic heterocycles. The summed E-state index contributed by atoms with van der Waals surface area (Å²) in [7, 11) is 0. The zero-order chi connectivity index (χ0) is 13.7. The van der Waals surface area contributed by atoms with Crippen molar-refractivity contribution in [3.05, 3.63) is 35.4 Å². The van der Waals surface area contributed by atoms with Crippen molar-refractivity contribution in [3.63, 3.8) is 0 Å². The second-order valence-corrected chi connectivity index (χ2v) is 7.20. The van der Waals surface area contributed by atoms with Crippen LogP contribution in [0.15, 0.2) is 24.3 Å². The van der Waals surface area contributed by atoms with Gasteiger partial charge in [0.15, 0.2) is 0 Å². The highest BCUT2D eigenvalue weighted by Gasteiger charge is 2.22. The second-order valence-electron chi connectivity index (χ2n) is 5.73. The summed E-state index contributed by atoms with van der Waals surface area (Å²) in [5.74, 6) is 1.45. The van der Waals surface area contributed by atoms with Crippen molar-refractivity contribution >= 4 is 11.8 Å². The van der Waals surface area contributed by atoms with Gasteiger partial charge in [-0.3, -0.25) is 0 Å². The van der Waals surface area contributed by atoms with Gasteiger partial charge in [-0.2, -0.15) is 11.8 Å². The summed E-state index contributed by atoms with van der Waals surface area (Å²) in [6.45, 7) is 4.45. The smallest absolute Gasteiger partial charge is 0.0636 e. The molecular weight excluding hydrogens is 252 g/mol. The molecule has 2 heteroatoms. The highest BCUT2D eigenvalue weighted by molar-refractivity contribution is 7.99. The van der Waals surface area contributed by atoms with Gasteiger partial charge in [0.25, 0.3) is 0 Å². The molecule has 1 aromatic carbocycles. The van der Waals surface area contributed by atoms with Crippen molar-refractivity contribution in [1.82, 2.24) is 0 Å². The van der Waals surface area contributed by atoms with Crippen LogP contribution in [-0.4, -0.2) is 22.2 Å². The van der Waals surface area contributed by atoms with Crippen molar-refractivity contribution < 1.29 is 5.11 Å². The lowest BCUT2D eigenvalue weighted by atomic mass is 9.80. The minimum Gasteiger partial charge on any atom is -0.392 e. The average molecular weight is 278 g/mol. The number of rotatable bonds is 6. The predicted molar refractivity (Wildman–Crippen MR) is 85.0 cm³/mol. The molecule has 1 aliphatic carbocycles. The predicted octanol–water partition coefficient (Wildman–Crippen LogP) is 4.39. The maximum absolute atomic E-state index is 10.3. The molecule has 3 unspecified atom stereocenters. The molecule has 1 nitrogen and oxygen atoms in total. The van der Waals surface area contributed by atoms with Crippen LogP contribution in [0.25, 0.3) is 0 Å². The van der Waals surface area contributed by atoms with Crippen molar-refractivity contribution in [2.75, 3.05) is 5.75 Å². The first-order valence-electron chi connectivity index (χ1n) is 7.58. The zero-order valence-corrected chi connectivity index (χ0v) is 13.0. The number of aliphatic hydroxyl groups excluding tert-OH is 1. The quantitative estimate of drug-likeness (QED) is 0.833. The maximum atomic E-state index is 10.3. The molecule has 0 fully saturated rings. The third kappa shape index (κ3) is 4.25. The molecule has 0 amide bonds. The van der Waals surface area contributed by atoms with Crippen LogP contribution in [0.1, 0.15) is 56.6 Å². The first kappa shape index (κ1) is 14.9. The molecule has 19 heavy (non-hydrogen) atoms. The lowest BCUT2D eigenvalue weighted by molar-refractivity contribution is 0.175. The first-order chi connectivity index (χ1) is 9.20. The van der Waals surface area contributed by atoms with Gasteiger partial charge in [-0.25, -0.2) is 0 Å². The van der Waals surface area contributed by atoms with E-state index >= 15 is 0 Å². The van der Waals surface area contributed by atoms with Crippen LogP contribution in [0.2, 0.25) is 0 Å². The Morgan fingerprint density at radius 3 is 2.95 bits per heavy atom. The van der Waals surface area contributed by atoms with E-state index in [9.17, 15) is 5.11 Å². The third-order valence-electron chi connectivity index (χ3n) is 4.20. The van der Waals surface area contributed by atoms with Crippen molar-refractivity contribution in [1.29, 1.82) is 0 Å². The molecule has 1 N–H and O–H groups in total. The molecule has 2 rings (SSSR count). The molecule has 0 saturated heterocycles. The van der Waals surface area contributed by atoms with Crippen LogP contribution < -0.4 is 0 Å². The van der Waals surface area contributed by atoms with E-state index in [0.717, 1.165) is 12.2 Å². The van der Waals surface area contributed by atoms with Gasteiger partial charge in [0.05, 0.1) is 6.10 Å². The molecule has 0 aliphatic heterocycles. The minimum atomic E-state index is -0.157. The summed E-state index contributed by atoms with van der Waals surface area (Å²) in [6, 6.07) is 8.78. The lowest BCUT2D eigenvalue weighted by Gasteiger charge is -2.27. The summed E-state index contributed by atoms with van der Waals surface area (Å²) in [5, 5.41) is 10.9. The van der Waals surface area contributed by atoms with Crippen LogP contribution >= 0.6 is 11.8 Å². The molecule has 0 heterocycles. The molecule has 0 radical (unpaired) electrons. The Hall–Kier alpha value is -0.470. The Balaban J connectivity index is 1.89. The lowest BCUT2D eigenvalue weighted by Crippen LogP contribution is -2.19. The monoisotopic (exact) mass is 278 g/mol. The normalized spacial score (nSPS) is 21.7. The number of benzene rings is 1. The number of aryl methyl sites for hydroxylation is 1. The summed E-state index contributed by atoms with van der Waals surface area (Å²) in [6.07, 6.45) is 5.68. The van der Waals surface area contributed by atoms with Crippen LogP contribution in [0.3, 0.4) is 0 Å². The van der Waals surface area contributed by atoms with E-state index in [1.807, 2.05) is 11.8 Å². The molecule has 0 bridgehead atoms. The van der Waals surface area contributed by atoms with Gasteiger partial charge in [0.2, 0.25) is 0 Å². The van der Waals surface area contributed by atoms with Crippen LogP contribution in [0, 0.1) is 0 Å². The Morgan fingerprint density at radius 2 is 2.16 bits per heavy atom. The van der Waals surface area contributed by atoms with Crippen molar-refractivity contribution in [2.24, 2.45) is 0 Å². The topological polar surface area (TPSA) is 20.2 Å². The summed E-state index contributed by atoms with van der Waals surface area (Å²) in [5.41, 5.74) is 2.99. The van der Waals surface area contributed by atoms with Gasteiger partial charge in [0, 0.05) is 11.0 Å². The SMILES string of the molecule is CCC(C)SCC(O)CC1CCCc2ccccc21. The Kier molecular flexibility index (Phi) is 5.77. The van der Waals surface area contributed by atoms with E-state index in [1.165, 1.54) is 36.8 Å². The number of aliphatic hydroxyl groups is 1. The van der Waals surface area contributed by atoms with Gasteiger partial charge >= 0.3 is 0 Å². The summed E-state index contributed by atoms with van der Waals surface area (Å²) in [4.78, 5) is 0. The van der Waals surface area contributed by atoms with E-state index in [-0.39, 0.29) is 6.10 Å². The van der Waals surface area contributed by atoms with Gasteiger partial charge in [-0.1, -0.05) is 38.1 Å². The standard InChI is InChI=1S/C17H26OS/c1-3-13(2)19-12-16(18)11-15-9-6-8-14-7-4-5-10-17(14)15/h4-5,7,10,13,15-16,18H,3,6,8-9,11-12H2,1-2H3. The van der Waals surface area contributed by atoms with E-state index in [4.69, 9.17) is 0 Å². The van der Waals surface area contributed by atoms with E-state index in [1.54, 1.807) is 0 Å². The van der Waals surface area contributed by atoms with Crippen LogP contribution in [-0.2, 0) is 6.42 Å². The zero-order valence-electron chi connectivity index (χ0n) is 12.1. The number of hydrogen-bond donors (Lipinski definition) is 1. The molecule has 106 valence electrons. The highest BCUT2D eigenvalue weighted by atomic mass is 32.2. The third-order valence-corrected chi connectivity index (χ3v) is 5.68. The second kappa shape index (κ2) is 7.35. The largest absolute Gasteiger partial charge is 0.392 e. The highest BCUT2D eigenvalue weighted by Crippen LogP contribution is 2.35. The fourth-order valence-corrected chi connectivity index (χ4v) is 3.81. The number of thioether (sulfide) groups is 1. The van der Waals surface area contributed by atoms with E-state index < -0.39 is 0 Å². The Morgan fingerprint density at radius 1 is 1.37 bits per heavy atom. The van der Waals surface area contributed by atoms with Gasteiger partial charge in [-0.15, -0.1) is 0 Å². The van der Waals surface area contributed by atoms with Crippen LogP contribution in [0.4, 0.5) is 0 Å². The average Bonchev–Trinajstić information content (AvgIpc) is 2.45. The molecule has 0 spiro atoms. The van der Waals surface area contributed by atoms with Gasteiger partial charge < -0.3 is 5.11 Å². The molecule has 0 saturated carbocycles.